The Hall–Kier alpha value is -1.88. The summed E-state index contributed by atoms with van der Waals surface area (Å²) in [6, 6.07) is 17.7. The second-order valence-electron chi connectivity index (χ2n) is 6.46. The van der Waals surface area contributed by atoms with Gasteiger partial charge in [-0.2, -0.15) is 0 Å². The van der Waals surface area contributed by atoms with Gasteiger partial charge in [0.2, 0.25) is 0 Å². The molecular weight excluding hydrogens is 364 g/mol. The first kappa shape index (κ1) is 18.9. The fourth-order valence-electron chi connectivity index (χ4n) is 3.17. The normalized spacial score (nSPS) is 16.2. The van der Waals surface area contributed by atoms with Gasteiger partial charge in [-0.1, -0.05) is 36.4 Å². The van der Waals surface area contributed by atoms with E-state index < -0.39 is 0 Å². The highest BCUT2D eigenvalue weighted by molar-refractivity contribution is 7.13. The second-order valence-corrected chi connectivity index (χ2v) is 7.35. The lowest BCUT2D eigenvalue weighted by atomic mass is 10.0. The van der Waals surface area contributed by atoms with E-state index in [0.717, 1.165) is 30.3 Å². The Morgan fingerprint density at radius 2 is 1.77 bits per heavy atom. The number of rotatable bonds is 6. The zero-order chi connectivity index (χ0) is 16.9. The van der Waals surface area contributed by atoms with E-state index in [4.69, 9.17) is 4.74 Å². The average Bonchev–Trinajstić information content (AvgIpc) is 3.36. The van der Waals surface area contributed by atoms with Crippen molar-refractivity contribution in [1.29, 1.82) is 0 Å². The molecule has 0 aliphatic carbocycles. The molecule has 2 aromatic carbocycles. The molecular formula is C21H23ClN2OS. The van der Waals surface area contributed by atoms with Crippen LogP contribution in [0.4, 0.5) is 0 Å². The summed E-state index contributed by atoms with van der Waals surface area (Å²) < 4.78 is 5.88. The molecule has 0 bridgehead atoms. The molecule has 0 spiro atoms. The van der Waals surface area contributed by atoms with Crippen LogP contribution in [0.5, 0.6) is 5.75 Å². The smallest absolute Gasteiger partial charge is 0.123 e. The van der Waals surface area contributed by atoms with Gasteiger partial charge in [0.15, 0.2) is 0 Å². The first-order valence-corrected chi connectivity index (χ1v) is 9.69. The SMILES string of the molecule is Cl.c1csc(-c2ccc(Cc3ccc(OC[C@H]4CCCN4)cc3)cc2)n1. The molecule has 4 rings (SSSR count). The number of nitrogens with one attached hydrogen (secondary N) is 1. The van der Waals surface area contributed by atoms with Crippen molar-refractivity contribution in [3.05, 3.63) is 71.2 Å². The molecule has 2 heterocycles. The summed E-state index contributed by atoms with van der Waals surface area (Å²) in [7, 11) is 0. The second kappa shape index (κ2) is 9.17. The van der Waals surface area contributed by atoms with Crippen LogP contribution >= 0.6 is 23.7 Å². The van der Waals surface area contributed by atoms with Gasteiger partial charge < -0.3 is 10.1 Å². The fourth-order valence-corrected chi connectivity index (χ4v) is 3.81. The van der Waals surface area contributed by atoms with Gasteiger partial charge in [0.25, 0.3) is 0 Å². The Morgan fingerprint density at radius 3 is 2.38 bits per heavy atom. The number of halogens is 1. The third-order valence-corrected chi connectivity index (χ3v) is 5.40. The minimum atomic E-state index is 0. The lowest BCUT2D eigenvalue weighted by Gasteiger charge is -2.12. The number of thiazole rings is 1. The number of nitrogens with zero attached hydrogens (tertiary/aromatic N) is 1. The van der Waals surface area contributed by atoms with E-state index >= 15 is 0 Å². The highest BCUT2D eigenvalue weighted by Gasteiger charge is 2.14. The van der Waals surface area contributed by atoms with Gasteiger partial charge in [0.1, 0.15) is 17.4 Å². The van der Waals surface area contributed by atoms with E-state index in [0.29, 0.717) is 6.04 Å². The van der Waals surface area contributed by atoms with E-state index in [1.165, 1.54) is 29.5 Å². The van der Waals surface area contributed by atoms with Gasteiger partial charge in [-0.25, -0.2) is 4.98 Å². The molecule has 1 atom stereocenters. The molecule has 0 amide bonds. The summed E-state index contributed by atoms with van der Waals surface area (Å²) in [5, 5.41) is 6.54. The molecule has 136 valence electrons. The molecule has 1 aliphatic rings. The van der Waals surface area contributed by atoms with Crippen LogP contribution in [0.1, 0.15) is 24.0 Å². The third-order valence-electron chi connectivity index (χ3n) is 4.58. The molecule has 1 aromatic heterocycles. The van der Waals surface area contributed by atoms with Gasteiger partial charge in [-0.3, -0.25) is 0 Å². The molecule has 1 fully saturated rings. The minimum Gasteiger partial charge on any atom is -0.492 e. The van der Waals surface area contributed by atoms with Gasteiger partial charge in [0, 0.05) is 23.2 Å². The minimum absolute atomic E-state index is 0. The van der Waals surface area contributed by atoms with Crippen molar-refractivity contribution in [2.24, 2.45) is 0 Å². The van der Waals surface area contributed by atoms with E-state index in [1.807, 2.05) is 11.6 Å². The first-order valence-electron chi connectivity index (χ1n) is 8.81. The average molecular weight is 387 g/mol. The van der Waals surface area contributed by atoms with Crippen molar-refractivity contribution >= 4 is 23.7 Å². The van der Waals surface area contributed by atoms with Gasteiger partial charge in [0.05, 0.1) is 0 Å². The van der Waals surface area contributed by atoms with Crippen LogP contribution in [0, 0.1) is 0 Å². The topological polar surface area (TPSA) is 34.1 Å². The van der Waals surface area contributed by atoms with Crippen LogP contribution in [-0.2, 0) is 6.42 Å². The van der Waals surface area contributed by atoms with Crippen LogP contribution in [0.15, 0.2) is 60.1 Å². The standard InChI is InChI=1S/C21H22N2OS.ClH/c1-2-19(22-11-1)15-24-20-9-5-17(6-10-20)14-16-3-7-18(8-4-16)21-23-12-13-25-21;/h3-10,12-13,19,22H,1-2,11,14-15H2;1H/t19-;/m1./s1. The molecule has 1 aliphatic heterocycles. The molecule has 5 heteroatoms. The molecule has 26 heavy (non-hydrogen) atoms. The Morgan fingerprint density at radius 1 is 1.04 bits per heavy atom. The van der Waals surface area contributed by atoms with E-state index in [2.05, 4.69) is 58.8 Å². The van der Waals surface area contributed by atoms with Gasteiger partial charge in [-0.05, 0) is 49.1 Å². The summed E-state index contributed by atoms with van der Waals surface area (Å²) in [5.74, 6) is 0.955. The van der Waals surface area contributed by atoms with E-state index in [1.54, 1.807) is 11.3 Å². The molecule has 0 saturated carbocycles. The molecule has 3 nitrogen and oxygen atoms in total. The number of aromatic nitrogens is 1. The van der Waals surface area contributed by atoms with Crippen molar-refractivity contribution in [1.82, 2.24) is 10.3 Å². The number of hydrogen-bond acceptors (Lipinski definition) is 4. The monoisotopic (exact) mass is 386 g/mol. The fraction of sp³-hybridized carbons (Fsp3) is 0.286. The zero-order valence-corrected chi connectivity index (χ0v) is 16.2. The van der Waals surface area contributed by atoms with Crippen molar-refractivity contribution in [2.75, 3.05) is 13.2 Å². The summed E-state index contributed by atoms with van der Waals surface area (Å²) in [5.41, 5.74) is 3.79. The van der Waals surface area contributed by atoms with Gasteiger partial charge >= 0.3 is 0 Å². The Kier molecular flexibility index (Phi) is 6.67. The third kappa shape index (κ3) is 4.85. The highest BCUT2D eigenvalue weighted by atomic mass is 35.5. The summed E-state index contributed by atoms with van der Waals surface area (Å²) in [4.78, 5) is 4.36. The molecule has 1 saturated heterocycles. The van der Waals surface area contributed by atoms with E-state index in [9.17, 15) is 0 Å². The maximum atomic E-state index is 5.88. The quantitative estimate of drug-likeness (QED) is 0.650. The predicted molar refractivity (Wildman–Crippen MR) is 111 cm³/mol. The van der Waals surface area contributed by atoms with Crippen molar-refractivity contribution < 1.29 is 4.74 Å². The molecule has 0 unspecified atom stereocenters. The molecule has 1 N–H and O–H groups in total. The first-order chi connectivity index (χ1) is 12.4. The molecule has 0 radical (unpaired) electrons. The zero-order valence-electron chi connectivity index (χ0n) is 14.6. The van der Waals surface area contributed by atoms with E-state index in [-0.39, 0.29) is 12.4 Å². The van der Waals surface area contributed by atoms with Crippen LogP contribution in [-0.4, -0.2) is 24.2 Å². The van der Waals surface area contributed by atoms with Crippen molar-refractivity contribution in [3.8, 4) is 16.3 Å². The maximum Gasteiger partial charge on any atom is 0.123 e. The summed E-state index contributed by atoms with van der Waals surface area (Å²) >= 11 is 1.67. The Balaban J connectivity index is 0.00000196. The maximum absolute atomic E-state index is 5.88. The van der Waals surface area contributed by atoms with Crippen LogP contribution < -0.4 is 10.1 Å². The lowest BCUT2D eigenvalue weighted by molar-refractivity contribution is 0.277. The van der Waals surface area contributed by atoms with Crippen LogP contribution in [0.25, 0.3) is 10.6 Å². The Bertz CT molecular complexity index is 782. The summed E-state index contributed by atoms with van der Waals surface area (Å²) in [6.45, 7) is 1.88. The Labute approximate surface area is 164 Å². The molecule has 3 aromatic rings. The van der Waals surface area contributed by atoms with Crippen molar-refractivity contribution in [3.63, 3.8) is 0 Å². The van der Waals surface area contributed by atoms with Crippen LogP contribution in [0.2, 0.25) is 0 Å². The predicted octanol–water partition coefficient (Wildman–Crippen LogP) is 4.95. The van der Waals surface area contributed by atoms with Crippen molar-refractivity contribution in [2.45, 2.75) is 25.3 Å². The van der Waals surface area contributed by atoms with Gasteiger partial charge in [-0.15, -0.1) is 23.7 Å². The number of hydrogen-bond donors (Lipinski definition) is 1. The number of ether oxygens (including phenoxy) is 1. The largest absolute Gasteiger partial charge is 0.492 e. The number of benzene rings is 2. The lowest BCUT2D eigenvalue weighted by Crippen LogP contribution is -2.28. The summed E-state index contributed by atoms with van der Waals surface area (Å²) in [6.07, 6.45) is 5.26. The highest BCUT2D eigenvalue weighted by Crippen LogP contribution is 2.23. The van der Waals surface area contributed by atoms with Crippen LogP contribution in [0.3, 0.4) is 0 Å².